The molecule has 1 saturated heterocycles. The number of nitrogens with zero attached hydrogens (tertiary/aromatic N) is 5. The Kier molecular flexibility index (Phi) is 7.08. The third-order valence-electron chi connectivity index (χ3n) is 6.19. The highest BCUT2D eigenvalue weighted by atomic mass is 19.4. The van der Waals surface area contributed by atoms with Crippen LogP contribution in [0.1, 0.15) is 28.5 Å². The second-order valence-electron chi connectivity index (χ2n) is 9.64. The van der Waals surface area contributed by atoms with Gasteiger partial charge in [0.25, 0.3) is 5.91 Å². The maximum absolute atomic E-state index is 15.0. The normalized spacial score (nSPS) is 14.9. The Hall–Kier alpha value is -4.63. The standard InChI is InChI=1S/C26H22F5N7O3/c1-25(40)12-37(13-25)11-16-19(6-8-33-22(16)32)41-20-5-4-14(9-18(20)28)36-24(39)15-10-35-38(21(15)26(29,30)31)23-17(27)3-2-7-34-23/h2-10,40H,11-13H2,1H3,(H2,32,33)(H,36,39). The van der Waals surface area contributed by atoms with Gasteiger partial charge in [-0.25, -0.2) is 23.4 Å². The summed E-state index contributed by atoms with van der Waals surface area (Å²) < 4.78 is 76.7. The highest BCUT2D eigenvalue weighted by molar-refractivity contribution is 6.05. The summed E-state index contributed by atoms with van der Waals surface area (Å²) in [6.07, 6.45) is -2.04. The number of pyridine rings is 2. The van der Waals surface area contributed by atoms with Crippen LogP contribution in [0.25, 0.3) is 5.82 Å². The maximum atomic E-state index is 15.0. The highest BCUT2D eigenvalue weighted by Gasteiger charge is 2.41. The van der Waals surface area contributed by atoms with Crippen LogP contribution in [-0.2, 0) is 12.7 Å². The lowest BCUT2D eigenvalue weighted by atomic mass is 9.96. The first-order valence-electron chi connectivity index (χ1n) is 12.1. The van der Waals surface area contributed by atoms with Gasteiger partial charge in [-0.2, -0.15) is 18.3 Å². The van der Waals surface area contributed by atoms with Gasteiger partial charge in [0.05, 0.1) is 22.9 Å². The number of rotatable bonds is 7. The number of nitrogen functional groups attached to an aromatic ring is 1. The van der Waals surface area contributed by atoms with E-state index in [0.29, 0.717) is 31.4 Å². The molecule has 4 aromatic rings. The van der Waals surface area contributed by atoms with E-state index in [1.807, 2.05) is 4.90 Å². The van der Waals surface area contributed by atoms with Crippen LogP contribution in [0.15, 0.2) is 55.0 Å². The van der Waals surface area contributed by atoms with Crippen LogP contribution in [0.5, 0.6) is 11.5 Å². The molecule has 15 heteroatoms. The molecule has 1 amide bonds. The second-order valence-corrected chi connectivity index (χ2v) is 9.64. The zero-order valence-electron chi connectivity index (χ0n) is 21.3. The summed E-state index contributed by atoms with van der Waals surface area (Å²) in [6.45, 7) is 2.78. The molecule has 0 spiro atoms. The van der Waals surface area contributed by atoms with Crippen molar-refractivity contribution in [3.8, 4) is 17.3 Å². The van der Waals surface area contributed by atoms with E-state index in [1.165, 1.54) is 30.5 Å². The number of likely N-dealkylation sites (tertiary alicyclic amines) is 1. The number of carbonyl (C=O) groups is 1. The molecule has 0 radical (unpaired) electrons. The number of carbonyl (C=O) groups excluding carboxylic acids is 1. The van der Waals surface area contributed by atoms with Gasteiger partial charge in [-0.1, -0.05) is 0 Å². The number of β-amino-alcohol motifs (C(OH)–C–C–N with tert-alkyl or cyclic N) is 1. The Morgan fingerprint density at radius 1 is 1.12 bits per heavy atom. The molecule has 0 saturated carbocycles. The quantitative estimate of drug-likeness (QED) is 0.280. The lowest BCUT2D eigenvalue weighted by molar-refractivity contribution is -0.143. The predicted octanol–water partition coefficient (Wildman–Crippen LogP) is 4.15. The number of alkyl halides is 3. The molecule has 1 aliphatic rings. The van der Waals surface area contributed by atoms with E-state index in [2.05, 4.69) is 20.4 Å². The number of ether oxygens (including phenoxy) is 1. The summed E-state index contributed by atoms with van der Waals surface area (Å²) in [4.78, 5) is 22.3. The average Bonchev–Trinajstić information content (AvgIpc) is 3.33. The number of amides is 1. The van der Waals surface area contributed by atoms with Crippen molar-refractivity contribution >= 4 is 17.4 Å². The van der Waals surface area contributed by atoms with E-state index in [-0.39, 0.29) is 27.7 Å². The summed E-state index contributed by atoms with van der Waals surface area (Å²) in [6, 6.07) is 6.84. The maximum Gasteiger partial charge on any atom is 0.434 e. The molecule has 1 aliphatic heterocycles. The van der Waals surface area contributed by atoms with Crippen LogP contribution in [0, 0.1) is 11.6 Å². The van der Waals surface area contributed by atoms with Crippen LogP contribution >= 0.6 is 0 Å². The van der Waals surface area contributed by atoms with Crippen LogP contribution in [0.4, 0.5) is 33.5 Å². The first kappa shape index (κ1) is 27.9. The minimum atomic E-state index is -5.11. The highest BCUT2D eigenvalue weighted by Crippen LogP contribution is 2.36. The Labute approximate surface area is 229 Å². The molecule has 0 aliphatic carbocycles. The molecule has 1 aromatic carbocycles. The van der Waals surface area contributed by atoms with Crippen molar-refractivity contribution in [1.82, 2.24) is 24.6 Å². The third-order valence-corrected chi connectivity index (χ3v) is 6.19. The zero-order valence-corrected chi connectivity index (χ0v) is 21.3. The number of hydrogen-bond acceptors (Lipinski definition) is 8. The van der Waals surface area contributed by atoms with Crippen molar-refractivity contribution in [3.63, 3.8) is 0 Å². The largest absolute Gasteiger partial charge is 0.454 e. The lowest BCUT2D eigenvalue weighted by Gasteiger charge is -2.44. The molecule has 41 heavy (non-hydrogen) atoms. The van der Waals surface area contributed by atoms with E-state index in [9.17, 15) is 31.9 Å². The molecule has 5 rings (SSSR count). The number of halogens is 5. The fraction of sp³-hybridized carbons (Fsp3) is 0.231. The van der Waals surface area contributed by atoms with Crippen molar-refractivity contribution in [2.75, 3.05) is 24.1 Å². The van der Waals surface area contributed by atoms with E-state index in [0.717, 1.165) is 18.3 Å². The predicted molar refractivity (Wildman–Crippen MR) is 135 cm³/mol. The Morgan fingerprint density at radius 3 is 2.54 bits per heavy atom. The summed E-state index contributed by atoms with van der Waals surface area (Å²) in [5, 5.41) is 15.7. The number of hydrogen-bond donors (Lipinski definition) is 3. The van der Waals surface area contributed by atoms with Gasteiger partial charge in [0, 0.05) is 43.8 Å². The molecule has 10 nitrogen and oxygen atoms in total. The monoisotopic (exact) mass is 575 g/mol. The van der Waals surface area contributed by atoms with Gasteiger partial charge in [-0.05, 0) is 37.3 Å². The molecule has 0 bridgehead atoms. The molecule has 1 fully saturated rings. The molecule has 3 aromatic heterocycles. The Bertz CT molecular complexity index is 1620. The van der Waals surface area contributed by atoms with Gasteiger partial charge in [-0.3, -0.25) is 9.69 Å². The van der Waals surface area contributed by atoms with Gasteiger partial charge in [0.1, 0.15) is 11.6 Å². The van der Waals surface area contributed by atoms with E-state index < -0.39 is 46.4 Å². The summed E-state index contributed by atoms with van der Waals surface area (Å²) >= 11 is 0. The van der Waals surface area contributed by atoms with E-state index in [1.54, 1.807) is 6.92 Å². The summed E-state index contributed by atoms with van der Waals surface area (Å²) in [7, 11) is 0. The number of aromatic nitrogens is 4. The van der Waals surface area contributed by atoms with Gasteiger partial charge in [0.15, 0.2) is 28.9 Å². The molecular formula is C26H22F5N7O3. The molecule has 4 heterocycles. The fourth-order valence-corrected chi connectivity index (χ4v) is 4.46. The van der Waals surface area contributed by atoms with Crippen LogP contribution in [-0.4, -0.2) is 54.4 Å². The average molecular weight is 575 g/mol. The number of benzene rings is 1. The van der Waals surface area contributed by atoms with Crippen LogP contribution in [0.2, 0.25) is 0 Å². The summed E-state index contributed by atoms with van der Waals surface area (Å²) in [5.74, 6) is -3.90. The van der Waals surface area contributed by atoms with Crippen molar-refractivity contribution in [2.45, 2.75) is 25.2 Å². The van der Waals surface area contributed by atoms with E-state index >= 15 is 0 Å². The molecule has 214 valence electrons. The minimum absolute atomic E-state index is 0.157. The fourth-order valence-electron chi connectivity index (χ4n) is 4.46. The summed E-state index contributed by atoms with van der Waals surface area (Å²) in [5.41, 5.74) is 2.99. The first-order chi connectivity index (χ1) is 19.3. The number of nitrogens with two attached hydrogens (primary N) is 1. The number of nitrogens with one attached hydrogen (secondary N) is 1. The smallest absolute Gasteiger partial charge is 0.434 e. The molecule has 0 atom stereocenters. The minimum Gasteiger partial charge on any atom is -0.454 e. The Morgan fingerprint density at radius 2 is 1.88 bits per heavy atom. The van der Waals surface area contributed by atoms with Crippen molar-refractivity contribution < 1.29 is 36.6 Å². The van der Waals surface area contributed by atoms with Gasteiger partial charge < -0.3 is 20.9 Å². The molecule has 4 N–H and O–H groups in total. The van der Waals surface area contributed by atoms with Gasteiger partial charge >= 0.3 is 6.18 Å². The molecular weight excluding hydrogens is 553 g/mol. The SMILES string of the molecule is CC1(O)CN(Cc2c(Oc3ccc(NC(=O)c4cnn(-c5ncccc5F)c4C(F)(F)F)cc3F)ccnc2N)C1. The van der Waals surface area contributed by atoms with Crippen molar-refractivity contribution in [1.29, 1.82) is 0 Å². The molecule has 0 unspecified atom stereocenters. The first-order valence-corrected chi connectivity index (χ1v) is 12.1. The number of aliphatic hydroxyl groups is 1. The van der Waals surface area contributed by atoms with Gasteiger partial charge in [-0.15, -0.1) is 0 Å². The van der Waals surface area contributed by atoms with E-state index in [4.69, 9.17) is 10.5 Å². The van der Waals surface area contributed by atoms with Crippen molar-refractivity contribution in [3.05, 3.63) is 83.4 Å². The van der Waals surface area contributed by atoms with Crippen LogP contribution in [0.3, 0.4) is 0 Å². The van der Waals surface area contributed by atoms with Crippen molar-refractivity contribution in [2.24, 2.45) is 0 Å². The Balaban J connectivity index is 1.36. The van der Waals surface area contributed by atoms with Gasteiger partial charge in [0.2, 0.25) is 0 Å². The lowest BCUT2D eigenvalue weighted by Crippen LogP contribution is -2.59. The zero-order chi connectivity index (χ0) is 29.5. The topological polar surface area (TPSA) is 131 Å². The third kappa shape index (κ3) is 5.81. The number of anilines is 2. The van der Waals surface area contributed by atoms with Crippen LogP contribution < -0.4 is 15.8 Å². The second kappa shape index (κ2) is 10.4.